The smallest absolute Gasteiger partial charge is 0.419 e. The van der Waals surface area contributed by atoms with E-state index >= 15 is 0 Å². The van der Waals surface area contributed by atoms with Crippen molar-refractivity contribution in [1.82, 2.24) is 15.5 Å². The molecule has 0 saturated carbocycles. The van der Waals surface area contributed by atoms with Gasteiger partial charge in [0.1, 0.15) is 12.4 Å². The van der Waals surface area contributed by atoms with Crippen LogP contribution in [-0.2, 0) is 11.0 Å². The summed E-state index contributed by atoms with van der Waals surface area (Å²) >= 11 is 0. The van der Waals surface area contributed by atoms with Crippen molar-refractivity contribution >= 4 is 35.8 Å². The molecule has 1 aliphatic rings. The maximum Gasteiger partial charge on any atom is 0.419 e. The number of carbonyl (C=O) groups excluding carboxylic acids is 1. The highest BCUT2D eigenvalue weighted by atomic mass is 127. The van der Waals surface area contributed by atoms with E-state index in [-0.39, 0.29) is 54.8 Å². The van der Waals surface area contributed by atoms with Crippen molar-refractivity contribution in [3.63, 3.8) is 0 Å². The Morgan fingerprint density at radius 3 is 2.71 bits per heavy atom. The number of ether oxygens (including phenoxy) is 1. The van der Waals surface area contributed by atoms with Gasteiger partial charge in [-0.25, -0.2) is 0 Å². The quantitative estimate of drug-likeness (QED) is 0.265. The first-order valence-electron chi connectivity index (χ1n) is 8.89. The first-order chi connectivity index (χ1) is 12.8. The molecule has 1 saturated heterocycles. The number of benzene rings is 1. The number of carbonyl (C=O) groups is 1. The van der Waals surface area contributed by atoms with Gasteiger partial charge in [0.25, 0.3) is 0 Å². The number of para-hydroxylation sites is 1. The molecule has 0 aromatic heterocycles. The van der Waals surface area contributed by atoms with E-state index in [0.29, 0.717) is 25.5 Å². The van der Waals surface area contributed by atoms with Crippen LogP contribution in [0.15, 0.2) is 29.3 Å². The number of likely N-dealkylation sites (tertiary alicyclic amines) is 1. The van der Waals surface area contributed by atoms with Crippen LogP contribution in [0.5, 0.6) is 5.75 Å². The summed E-state index contributed by atoms with van der Waals surface area (Å²) in [6.07, 6.45) is -3.15. The normalized spacial score (nSPS) is 17.1. The Morgan fingerprint density at radius 1 is 1.36 bits per heavy atom. The van der Waals surface area contributed by atoms with E-state index in [9.17, 15) is 18.0 Å². The van der Waals surface area contributed by atoms with Gasteiger partial charge in [-0.3, -0.25) is 9.79 Å². The molecular weight excluding hydrogens is 488 g/mol. The maximum absolute atomic E-state index is 12.9. The largest absolute Gasteiger partial charge is 0.491 e. The summed E-state index contributed by atoms with van der Waals surface area (Å²) in [5.41, 5.74) is -0.792. The van der Waals surface area contributed by atoms with Crippen LogP contribution < -0.4 is 15.4 Å². The molecule has 10 heteroatoms. The van der Waals surface area contributed by atoms with Crippen molar-refractivity contribution in [2.45, 2.75) is 32.0 Å². The third kappa shape index (κ3) is 7.02. The summed E-state index contributed by atoms with van der Waals surface area (Å²) in [4.78, 5) is 17.6. The second-order valence-corrected chi connectivity index (χ2v) is 6.16. The van der Waals surface area contributed by atoms with Crippen LogP contribution in [0.4, 0.5) is 13.2 Å². The van der Waals surface area contributed by atoms with Crippen LogP contribution in [-0.4, -0.2) is 56.1 Å². The van der Waals surface area contributed by atoms with Gasteiger partial charge in [0.05, 0.1) is 12.1 Å². The molecular formula is C18H26F3IN4O2. The Hall–Kier alpha value is -1.72. The second kappa shape index (κ2) is 11.3. The molecule has 28 heavy (non-hydrogen) atoms. The Morgan fingerprint density at radius 2 is 2.07 bits per heavy atom. The molecule has 0 radical (unpaired) electrons. The molecule has 1 aromatic rings. The van der Waals surface area contributed by atoms with Crippen molar-refractivity contribution in [3.05, 3.63) is 29.8 Å². The molecule has 1 aromatic carbocycles. The van der Waals surface area contributed by atoms with Gasteiger partial charge in [-0.15, -0.1) is 24.0 Å². The average Bonchev–Trinajstić information content (AvgIpc) is 3.11. The predicted octanol–water partition coefficient (Wildman–Crippen LogP) is 2.88. The standard InChI is InChI=1S/C18H25F3N4O2.HI/c1-3-16(26)25-10-8-13(12-25)24-17(22-2)23-9-11-27-15-7-5-4-6-14(15)18(19,20)21;/h4-7,13H,3,8-12H2,1-2H3,(H2,22,23,24);1H. The molecule has 2 N–H and O–H groups in total. The molecule has 1 aliphatic heterocycles. The van der Waals surface area contributed by atoms with Crippen LogP contribution in [0.3, 0.4) is 0 Å². The van der Waals surface area contributed by atoms with Crippen LogP contribution in [0.1, 0.15) is 25.3 Å². The van der Waals surface area contributed by atoms with Gasteiger partial charge in [-0.2, -0.15) is 13.2 Å². The lowest BCUT2D eigenvalue weighted by molar-refractivity contribution is -0.139. The van der Waals surface area contributed by atoms with Gasteiger partial charge in [-0.1, -0.05) is 19.1 Å². The van der Waals surface area contributed by atoms with Crippen LogP contribution in [0.25, 0.3) is 0 Å². The third-order valence-electron chi connectivity index (χ3n) is 4.25. The van der Waals surface area contributed by atoms with Crippen molar-refractivity contribution in [1.29, 1.82) is 0 Å². The lowest BCUT2D eigenvalue weighted by Crippen LogP contribution is -2.46. The fourth-order valence-electron chi connectivity index (χ4n) is 2.87. The fraction of sp³-hybridized carbons (Fsp3) is 0.556. The number of amides is 1. The lowest BCUT2D eigenvalue weighted by atomic mass is 10.2. The van der Waals surface area contributed by atoms with Gasteiger partial charge < -0.3 is 20.3 Å². The van der Waals surface area contributed by atoms with Gasteiger partial charge >= 0.3 is 6.18 Å². The number of nitrogens with one attached hydrogen (secondary N) is 2. The number of hydrogen-bond donors (Lipinski definition) is 2. The minimum Gasteiger partial charge on any atom is -0.491 e. The first kappa shape index (κ1) is 24.3. The van der Waals surface area contributed by atoms with E-state index < -0.39 is 11.7 Å². The summed E-state index contributed by atoms with van der Waals surface area (Å²) in [5.74, 6) is 0.455. The number of guanidine groups is 1. The topological polar surface area (TPSA) is 66.0 Å². The second-order valence-electron chi connectivity index (χ2n) is 6.16. The number of hydrogen-bond acceptors (Lipinski definition) is 3. The number of rotatable bonds is 6. The highest BCUT2D eigenvalue weighted by Gasteiger charge is 2.34. The van der Waals surface area contributed by atoms with Crippen LogP contribution >= 0.6 is 24.0 Å². The minimum absolute atomic E-state index is 0. The molecule has 158 valence electrons. The van der Waals surface area contributed by atoms with Gasteiger partial charge in [0.15, 0.2) is 5.96 Å². The SMILES string of the molecule is CCC(=O)N1CCC(NC(=NC)NCCOc2ccccc2C(F)(F)F)C1.I. The number of alkyl halides is 3. The highest BCUT2D eigenvalue weighted by Crippen LogP contribution is 2.35. The summed E-state index contributed by atoms with van der Waals surface area (Å²) < 4.78 is 44.1. The van der Waals surface area contributed by atoms with Crippen molar-refractivity contribution < 1.29 is 22.7 Å². The van der Waals surface area contributed by atoms with Crippen LogP contribution in [0.2, 0.25) is 0 Å². The number of aliphatic imine (C=N–C) groups is 1. The Labute approximate surface area is 179 Å². The zero-order valence-electron chi connectivity index (χ0n) is 15.9. The zero-order chi connectivity index (χ0) is 19.9. The summed E-state index contributed by atoms with van der Waals surface area (Å²) in [6.45, 7) is 3.50. The minimum atomic E-state index is -4.45. The van der Waals surface area contributed by atoms with E-state index in [2.05, 4.69) is 15.6 Å². The van der Waals surface area contributed by atoms with Crippen molar-refractivity contribution in [2.75, 3.05) is 33.3 Å². The summed E-state index contributed by atoms with van der Waals surface area (Å²) in [5, 5.41) is 6.23. The van der Waals surface area contributed by atoms with Crippen molar-refractivity contribution in [3.8, 4) is 5.75 Å². The molecule has 1 atom stereocenters. The fourth-order valence-corrected chi connectivity index (χ4v) is 2.87. The summed E-state index contributed by atoms with van der Waals surface area (Å²) in [6, 6.07) is 5.22. The Kier molecular flexibility index (Phi) is 9.83. The Balaban J connectivity index is 0.00000392. The van der Waals surface area contributed by atoms with E-state index in [4.69, 9.17) is 4.74 Å². The van der Waals surface area contributed by atoms with Gasteiger partial charge in [0.2, 0.25) is 5.91 Å². The molecule has 0 aliphatic carbocycles. The van der Waals surface area contributed by atoms with Crippen LogP contribution in [0, 0.1) is 0 Å². The first-order valence-corrected chi connectivity index (χ1v) is 8.89. The third-order valence-corrected chi connectivity index (χ3v) is 4.25. The van der Waals surface area contributed by atoms with Crippen molar-refractivity contribution in [2.24, 2.45) is 4.99 Å². The summed E-state index contributed by atoms with van der Waals surface area (Å²) in [7, 11) is 1.61. The molecule has 1 amide bonds. The van der Waals surface area contributed by atoms with Gasteiger partial charge in [-0.05, 0) is 18.6 Å². The molecule has 1 unspecified atom stereocenters. The predicted molar refractivity (Wildman–Crippen MR) is 112 cm³/mol. The molecule has 0 bridgehead atoms. The van der Waals surface area contributed by atoms with E-state index in [1.165, 1.54) is 18.2 Å². The molecule has 6 nitrogen and oxygen atoms in total. The maximum atomic E-state index is 12.9. The van der Waals surface area contributed by atoms with E-state index in [1.807, 2.05) is 11.8 Å². The number of nitrogens with zero attached hydrogens (tertiary/aromatic N) is 2. The van der Waals surface area contributed by atoms with Gasteiger partial charge in [0, 0.05) is 32.6 Å². The Bertz CT molecular complexity index is 670. The lowest BCUT2D eigenvalue weighted by Gasteiger charge is -2.19. The number of halogens is 4. The van der Waals surface area contributed by atoms with E-state index in [0.717, 1.165) is 12.5 Å². The molecule has 1 fully saturated rings. The molecule has 2 rings (SSSR count). The molecule has 0 spiro atoms. The highest BCUT2D eigenvalue weighted by molar-refractivity contribution is 14.0. The monoisotopic (exact) mass is 514 g/mol. The van der Waals surface area contributed by atoms with E-state index in [1.54, 1.807) is 7.05 Å². The molecule has 1 heterocycles. The average molecular weight is 514 g/mol. The zero-order valence-corrected chi connectivity index (χ0v) is 18.2.